The highest BCUT2D eigenvalue weighted by atomic mass is 16.4. The smallest absolute Gasteiger partial charge is 0.317 e. The molecule has 6 nitrogen and oxygen atoms in total. The lowest BCUT2D eigenvalue weighted by Gasteiger charge is -2.35. The first-order valence-corrected chi connectivity index (χ1v) is 6.99. The van der Waals surface area contributed by atoms with Crippen LogP contribution in [0, 0.1) is 12.3 Å². The molecule has 0 radical (unpaired) electrons. The number of nitrogens with zero attached hydrogens (tertiary/aromatic N) is 2. The highest BCUT2D eigenvalue weighted by molar-refractivity contribution is 5.74. The average Bonchev–Trinajstić information content (AvgIpc) is 2.45. The fourth-order valence-electron chi connectivity index (χ4n) is 2.13. The quantitative estimate of drug-likeness (QED) is 0.699. The third kappa shape index (κ3) is 5.49. The van der Waals surface area contributed by atoms with Crippen LogP contribution in [0.2, 0.25) is 0 Å². The van der Waals surface area contributed by atoms with E-state index in [-0.39, 0.29) is 18.5 Å². The predicted octanol–water partition coefficient (Wildman–Crippen LogP) is 0.590. The summed E-state index contributed by atoms with van der Waals surface area (Å²) in [4.78, 5) is 26.4. The van der Waals surface area contributed by atoms with Crippen molar-refractivity contribution >= 4 is 12.0 Å². The number of carboxylic acids is 1. The first-order valence-electron chi connectivity index (χ1n) is 6.99. The molecule has 2 amide bonds. The van der Waals surface area contributed by atoms with Gasteiger partial charge in [-0.3, -0.25) is 9.69 Å². The van der Waals surface area contributed by atoms with Crippen LogP contribution in [0.4, 0.5) is 4.79 Å². The van der Waals surface area contributed by atoms with Crippen LogP contribution in [0.25, 0.3) is 0 Å². The van der Waals surface area contributed by atoms with Gasteiger partial charge in [-0.25, -0.2) is 4.79 Å². The SMILES string of the molecule is C#CCC(CC)NC(=O)N1CCN(CCC(=O)O)CC1. The lowest BCUT2D eigenvalue weighted by molar-refractivity contribution is -0.137. The van der Waals surface area contributed by atoms with Crippen LogP contribution in [0.3, 0.4) is 0 Å². The van der Waals surface area contributed by atoms with E-state index in [1.807, 2.05) is 6.92 Å². The Bertz CT molecular complexity index is 370. The average molecular weight is 281 g/mol. The Balaban J connectivity index is 2.31. The maximum absolute atomic E-state index is 12.0. The zero-order valence-corrected chi connectivity index (χ0v) is 12.0. The van der Waals surface area contributed by atoms with Crippen LogP contribution >= 0.6 is 0 Å². The van der Waals surface area contributed by atoms with Gasteiger partial charge in [0.15, 0.2) is 0 Å². The van der Waals surface area contributed by atoms with Gasteiger partial charge in [0, 0.05) is 45.2 Å². The van der Waals surface area contributed by atoms with E-state index in [1.165, 1.54) is 0 Å². The van der Waals surface area contributed by atoms with Gasteiger partial charge >= 0.3 is 12.0 Å². The molecule has 112 valence electrons. The fourth-order valence-corrected chi connectivity index (χ4v) is 2.13. The van der Waals surface area contributed by atoms with Crippen LogP contribution in [0.15, 0.2) is 0 Å². The Hall–Kier alpha value is -1.74. The second-order valence-electron chi connectivity index (χ2n) is 4.94. The summed E-state index contributed by atoms with van der Waals surface area (Å²) in [7, 11) is 0. The highest BCUT2D eigenvalue weighted by Crippen LogP contribution is 2.05. The van der Waals surface area contributed by atoms with E-state index >= 15 is 0 Å². The maximum Gasteiger partial charge on any atom is 0.317 e. The van der Waals surface area contributed by atoms with E-state index in [9.17, 15) is 9.59 Å². The Kier molecular flexibility index (Phi) is 6.88. The van der Waals surface area contributed by atoms with Crippen LogP contribution in [0.1, 0.15) is 26.2 Å². The summed E-state index contributed by atoms with van der Waals surface area (Å²) in [6.45, 7) is 5.21. The van der Waals surface area contributed by atoms with Crippen LogP contribution in [-0.4, -0.2) is 65.7 Å². The molecule has 0 aromatic heterocycles. The number of rotatable bonds is 6. The summed E-state index contributed by atoms with van der Waals surface area (Å²) in [6.07, 6.45) is 6.77. The van der Waals surface area contributed by atoms with Gasteiger partial charge in [-0.2, -0.15) is 0 Å². The number of hydrogen-bond donors (Lipinski definition) is 2. The highest BCUT2D eigenvalue weighted by Gasteiger charge is 2.22. The molecular formula is C14H23N3O3. The number of nitrogens with one attached hydrogen (secondary N) is 1. The number of carbonyl (C=O) groups excluding carboxylic acids is 1. The van der Waals surface area contributed by atoms with Crippen molar-refractivity contribution in [2.45, 2.75) is 32.2 Å². The van der Waals surface area contributed by atoms with Gasteiger partial charge in [0.05, 0.1) is 6.42 Å². The lowest BCUT2D eigenvalue weighted by Crippen LogP contribution is -2.53. The molecule has 1 aliphatic heterocycles. The second kappa shape index (κ2) is 8.43. The normalized spacial score (nSPS) is 17.3. The van der Waals surface area contributed by atoms with Gasteiger partial charge in [-0.05, 0) is 6.42 Å². The molecular weight excluding hydrogens is 258 g/mol. The molecule has 1 rings (SSSR count). The van der Waals surface area contributed by atoms with Gasteiger partial charge in [0.1, 0.15) is 0 Å². The van der Waals surface area contributed by atoms with Crippen LogP contribution in [-0.2, 0) is 4.79 Å². The topological polar surface area (TPSA) is 72.9 Å². The van der Waals surface area contributed by atoms with Crippen molar-refractivity contribution in [3.05, 3.63) is 0 Å². The molecule has 2 N–H and O–H groups in total. The van der Waals surface area contributed by atoms with Crippen LogP contribution < -0.4 is 5.32 Å². The number of terminal acetylenes is 1. The monoisotopic (exact) mass is 281 g/mol. The molecule has 1 fully saturated rings. The number of carbonyl (C=O) groups is 2. The summed E-state index contributed by atoms with van der Waals surface area (Å²) in [5.74, 6) is 1.78. The Morgan fingerprint density at radius 1 is 1.35 bits per heavy atom. The molecule has 0 aliphatic carbocycles. The minimum absolute atomic E-state index is 0.0255. The zero-order chi connectivity index (χ0) is 15.0. The third-order valence-corrected chi connectivity index (χ3v) is 3.49. The third-order valence-electron chi connectivity index (χ3n) is 3.49. The minimum atomic E-state index is -0.787. The molecule has 0 aromatic rings. The summed E-state index contributed by atoms with van der Waals surface area (Å²) in [5.41, 5.74) is 0. The first kappa shape index (κ1) is 16.3. The van der Waals surface area contributed by atoms with E-state index in [0.29, 0.717) is 39.1 Å². The second-order valence-corrected chi connectivity index (χ2v) is 4.94. The van der Waals surface area contributed by atoms with Gasteiger partial charge in [0.2, 0.25) is 0 Å². The first-order chi connectivity index (χ1) is 9.56. The van der Waals surface area contributed by atoms with E-state index in [0.717, 1.165) is 6.42 Å². The standard InChI is InChI=1S/C14H23N3O3/c1-3-5-12(4-2)15-14(20)17-10-8-16(9-11-17)7-6-13(18)19/h1,12H,4-11H2,2H3,(H,15,20)(H,18,19). The van der Waals surface area contributed by atoms with Gasteiger partial charge in [-0.15, -0.1) is 12.3 Å². The molecule has 6 heteroatoms. The number of piperazine rings is 1. The molecule has 1 saturated heterocycles. The predicted molar refractivity (Wildman–Crippen MR) is 76.3 cm³/mol. The Morgan fingerprint density at radius 3 is 2.50 bits per heavy atom. The Labute approximate surface area is 120 Å². The lowest BCUT2D eigenvalue weighted by atomic mass is 10.1. The van der Waals surface area contributed by atoms with Crippen molar-refractivity contribution in [3.63, 3.8) is 0 Å². The maximum atomic E-state index is 12.0. The van der Waals surface area contributed by atoms with E-state index in [4.69, 9.17) is 11.5 Å². The zero-order valence-electron chi connectivity index (χ0n) is 12.0. The van der Waals surface area contributed by atoms with Crippen LogP contribution in [0.5, 0.6) is 0 Å². The van der Waals surface area contributed by atoms with Gasteiger partial charge in [0.25, 0.3) is 0 Å². The largest absolute Gasteiger partial charge is 0.481 e. The fraction of sp³-hybridized carbons (Fsp3) is 0.714. The number of aliphatic carboxylic acids is 1. The van der Waals surface area contributed by atoms with Crippen molar-refractivity contribution in [1.82, 2.24) is 15.1 Å². The molecule has 1 unspecified atom stereocenters. The van der Waals surface area contributed by atoms with E-state index < -0.39 is 5.97 Å². The van der Waals surface area contributed by atoms with Gasteiger partial charge < -0.3 is 15.3 Å². The van der Waals surface area contributed by atoms with Crippen molar-refractivity contribution in [3.8, 4) is 12.3 Å². The molecule has 1 heterocycles. The molecule has 0 spiro atoms. The van der Waals surface area contributed by atoms with Crippen molar-refractivity contribution in [2.75, 3.05) is 32.7 Å². The number of urea groups is 1. The molecule has 0 bridgehead atoms. The molecule has 1 atom stereocenters. The summed E-state index contributed by atoms with van der Waals surface area (Å²) in [5, 5.41) is 11.6. The molecule has 0 saturated carbocycles. The summed E-state index contributed by atoms with van der Waals surface area (Å²) < 4.78 is 0. The molecule has 0 aromatic carbocycles. The number of hydrogen-bond acceptors (Lipinski definition) is 3. The Morgan fingerprint density at radius 2 is 2.00 bits per heavy atom. The van der Waals surface area contributed by atoms with E-state index in [2.05, 4.69) is 16.1 Å². The summed E-state index contributed by atoms with van der Waals surface area (Å²) in [6, 6.07) is -0.0532. The molecule has 20 heavy (non-hydrogen) atoms. The van der Waals surface area contributed by atoms with Crippen molar-refractivity contribution < 1.29 is 14.7 Å². The number of amides is 2. The van der Waals surface area contributed by atoms with Crippen molar-refractivity contribution in [1.29, 1.82) is 0 Å². The van der Waals surface area contributed by atoms with E-state index in [1.54, 1.807) is 4.90 Å². The summed E-state index contributed by atoms with van der Waals surface area (Å²) >= 11 is 0. The van der Waals surface area contributed by atoms with Gasteiger partial charge in [-0.1, -0.05) is 6.92 Å². The minimum Gasteiger partial charge on any atom is -0.481 e. The van der Waals surface area contributed by atoms with Crippen molar-refractivity contribution in [2.24, 2.45) is 0 Å². The molecule has 1 aliphatic rings. The number of carboxylic acid groups (broad SMARTS) is 1.